The van der Waals surface area contributed by atoms with Crippen molar-refractivity contribution in [2.75, 3.05) is 9.80 Å². The Balaban J connectivity index is 1.07. The highest BCUT2D eigenvalue weighted by Crippen LogP contribution is 2.53. The highest BCUT2D eigenvalue weighted by atomic mass is 32.2. The monoisotopic (exact) mass is 756 g/mol. The normalized spacial score (nSPS) is 11.6. The van der Waals surface area contributed by atoms with Crippen molar-refractivity contribution >= 4 is 56.7 Å². The summed E-state index contributed by atoms with van der Waals surface area (Å²) in [6, 6.07) is 67.9. The Morgan fingerprint density at radius 3 is 1.42 bits per heavy atom. The largest absolute Gasteiger partial charge is 0.308 e. The molecule has 0 spiro atoms. The van der Waals surface area contributed by atoms with E-state index in [4.69, 9.17) is 0 Å². The summed E-state index contributed by atoms with van der Waals surface area (Å²) in [4.78, 5) is 6.18. The van der Waals surface area contributed by atoms with Crippen LogP contribution in [0.3, 0.4) is 0 Å². The van der Waals surface area contributed by atoms with Crippen LogP contribution in [-0.2, 0) is 0 Å². The van der Waals surface area contributed by atoms with Crippen molar-refractivity contribution in [3.63, 3.8) is 0 Å². The molecule has 0 fully saturated rings. The number of anilines is 6. The Morgan fingerprint density at radius 2 is 0.825 bits per heavy atom. The van der Waals surface area contributed by atoms with Crippen molar-refractivity contribution in [3.05, 3.63) is 218 Å². The van der Waals surface area contributed by atoms with Gasteiger partial charge in [-0.2, -0.15) is 0 Å². The summed E-state index contributed by atoms with van der Waals surface area (Å²) in [6.07, 6.45) is 0. The quantitative estimate of drug-likeness (QED) is 0.152. The standard InChI is InChI=1S/C52H34F2N2S/c53-45-17-7-9-19-48(45)55(39-26-22-37(23-27-39)35-12-3-1-4-13-35)41-30-31-42-43-32-33-47(44-16-11-21-50(52(43)44)57-51(42)34-41)56(49-20-10-8-18-46(49)54)40-28-24-38(25-29-40)36-14-5-2-6-15-36/h1-34H. The van der Waals surface area contributed by atoms with Crippen LogP contribution >= 0.6 is 11.8 Å². The van der Waals surface area contributed by atoms with Crippen LogP contribution in [0.5, 0.6) is 0 Å². The molecule has 5 heteroatoms. The van der Waals surface area contributed by atoms with Crippen LogP contribution in [0.2, 0.25) is 0 Å². The molecule has 0 aromatic heterocycles. The number of benzene rings is 9. The third-order valence-corrected chi connectivity index (χ3v) is 11.7. The molecule has 2 nitrogen and oxygen atoms in total. The molecule has 0 bridgehead atoms. The van der Waals surface area contributed by atoms with E-state index in [1.54, 1.807) is 23.9 Å². The first-order valence-electron chi connectivity index (χ1n) is 18.9. The maximum atomic E-state index is 15.8. The van der Waals surface area contributed by atoms with E-state index in [-0.39, 0.29) is 11.6 Å². The third-order valence-electron chi connectivity index (χ3n) is 10.6. The van der Waals surface area contributed by atoms with Crippen LogP contribution in [-0.4, -0.2) is 0 Å². The Labute approximate surface area is 334 Å². The van der Waals surface area contributed by atoms with Crippen molar-refractivity contribution in [2.45, 2.75) is 9.79 Å². The predicted molar refractivity (Wildman–Crippen MR) is 234 cm³/mol. The first kappa shape index (κ1) is 34.5. The summed E-state index contributed by atoms with van der Waals surface area (Å²) in [5.41, 5.74) is 11.0. The summed E-state index contributed by atoms with van der Waals surface area (Å²) in [6.45, 7) is 0. The van der Waals surface area contributed by atoms with Gasteiger partial charge in [0.25, 0.3) is 0 Å². The molecule has 9 aromatic carbocycles. The lowest BCUT2D eigenvalue weighted by Crippen LogP contribution is -2.13. The molecule has 0 saturated carbocycles. The third kappa shape index (κ3) is 6.32. The zero-order valence-electron chi connectivity index (χ0n) is 30.7. The van der Waals surface area contributed by atoms with Gasteiger partial charge < -0.3 is 9.80 Å². The summed E-state index contributed by atoms with van der Waals surface area (Å²) in [5, 5.41) is 2.14. The molecule has 0 amide bonds. The zero-order chi connectivity index (χ0) is 38.3. The van der Waals surface area contributed by atoms with Gasteiger partial charge in [-0.3, -0.25) is 0 Å². The Kier molecular flexibility index (Phi) is 8.85. The number of fused-ring (bicyclic) bond motifs is 2. The van der Waals surface area contributed by atoms with E-state index in [2.05, 4.69) is 121 Å². The molecule has 0 radical (unpaired) electrons. The first-order valence-corrected chi connectivity index (χ1v) is 19.7. The molecule has 1 heterocycles. The van der Waals surface area contributed by atoms with E-state index in [1.807, 2.05) is 70.5 Å². The fraction of sp³-hybridized carbons (Fsp3) is 0. The minimum absolute atomic E-state index is 0.299. The second kappa shape index (κ2) is 14.6. The average Bonchev–Trinajstić information content (AvgIpc) is 3.27. The van der Waals surface area contributed by atoms with Gasteiger partial charge in [-0.15, -0.1) is 0 Å². The molecule has 272 valence electrons. The average molecular weight is 757 g/mol. The molecule has 0 atom stereocenters. The molecule has 10 rings (SSSR count). The molecule has 1 aliphatic rings. The van der Waals surface area contributed by atoms with Crippen LogP contribution in [0, 0.1) is 11.6 Å². The minimum atomic E-state index is -0.300. The maximum absolute atomic E-state index is 15.8. The molecule has 57 heavy (non-hydrogen) atoms. The van der Waals surface area contributed by atoms with E-state index in [0.717, 1.165) is 76.7 Å². The van der Waals surface area contributed by atoms with E-state index in [1.165, 1.54) is 12.1 Å². The number of hydrogen-bond acceptors (Lipinski definition) is 3. The highest BCUT2D eigenvalue weighted by Gasteiger charge is 2.26. The summed E-state index contributed by atoms with van der Waals surface area (Å²) in [5.74, 6) is -0.599. The summed E-state index contributed by atoms with van der Waals surface area (Å²) < 4.78 is 31.4. The second-order valence-corrected chi connectivity index (χ2v) is 15.1. The van der Waals surface area contributed by atoms with E-state index in [0.29, 0.717) is 11.4 Å². The van der Waals surface area contributed by atoms with Crippen LogP contribution in [0.1, 0.15) is 0 Å². The fourth-order valence-electron chi connectivity index (χ4n) is 7.91. The Bertz CT molecular complexity index is 2900. The molecule has 0 N–H and O–H groups in total. The number of halogens is 2. The Hall–Kier alpha value is -6.95. The first-order chi connectivity index (χ1) is 28.1. The summed E-state index contributed by atoms with van der Waals surface area (Å²) >= 11 is 1.70. The minimum Gasteiger partial charge on any atom is -0.308 e. The fourth-order valence-corrected chi connectivity index (χ4v) is 9.08. The second-order valence-electron chi connectivity index (χ2n) is 14.0. The van der Waals surface area contributed by atoms with E-state index in [9.17, 15) is 0 Å². The van der Waals surface area contributed by atoms with Crippen molar-refractivity contribution in [1.29, 1.82) is 0 Å². The van der Waals surface area contributed by atoms with Crippen LogP contribution < -0.4 is 9.80 Å². The molecular formula is C52H34F2N2S. The number of hydrogen-bond donors (Lipinski definition) is 0. The molecule has 0 unspecified atom stereocenters. The molecule has 9 aromatic rings. The molecule has 0 aliphatic carbocycles. The van der Waals surface area contributed by atoms with E-state index < -0.39 is 0 Å². The van der Waals surface area contributed by atoms with Crippen LogP contribution in [0.4, 0.5) is 42.9 Å². The van der Waals surface area contributed by atoms with Crippen molar-refractivity contribution in [1.82, 2.24) is 0 Å². The van der Waals surface area contributed by atoms with Gasteiger partial charge in [0.15, 0.2) is 0 Å². The predicted octanol–water partition coefficient (Wildman–Crippen LogP) is 15.5. The van der Waals surface area contributed by atoms with Gasteiger partial charge in [-0.1, -0.05) is 145 Å². The summed E-state index contributed by atoms with van der Waals surface area (Å²) in [7, 11) is 0. The van der Waals surface area contributed by atoms with Crippen molar-refractivity contribution in [2.24, 2.45) is 0 Å². The van der Waals surface area contributed by atoms with Gasteiger partial charge in [-0.05, 0) is 106 Å². The van der Waals surface area contributed by atoms with Gasteiger partial charge in [0, 0.05) is 37.6 Å². The molecule has 0 saturated heterocycles. The molecule has 1 aliphatic heterocycles. The lowest BCUT2D eigenvalue weighted by atomic mass is 9.95. The zero-order valence-corrected chi connectivity index (χ0v) is 31.5. The van der Waals surface area contributed by atoms with Crippen LogP contribution in [0.15, 0.2) is 216 Å². The molecular weight excluding hydrogens is 723 g/mol. The lowest BCUT2D eigenvalue weighted by Gasteiger charge is -2.30. The van der Waals surface area contributed by atoms with Gasteiger partial charge in [-0.25, -0.2) is 8.78 Å². The number of rotatable bonds is 8. The highest BCUT2D eigenvalue weighted by molar-refractivity contribution is 7.99. The van der Waals surface area contributed by atoms with E-state index >= 15 is 8.78 Å². The smallest absolute Gasteiger partial charge is 0.147 e. The number of para-hydroxylation sites is 2. The maximum Gasteiger partial charge on any atom is 0.147 e. The topological polar surface area (TPSA) is 6.48 Å². The number of nitrogens with zero attached hydrogens (tertiary/aromatic N) is 2. The van der Waals surface area contributed by atoms with Crippen LogP contribution in [0.25, 0.3) is 44.2 Å². The van der Waals surface area contributed by atoms with Crippen molar-refractivity contribution in [3.8, 4) is 33.4 Å². The van der Waals surface area contributed by atoms with Gasteiger partial charge in [0.1, 0.15) is 11.6 Å². The van der Waals surface area contributed by atoms with Gasteiger partial charge in [0.2, 0.25) is 0 Å². The van der Waals surface area contributed by atoms with Gasteiger partial charge >= 0.3 is 0 Å². The Morgan fingerprint density at radius 1 is 0.333 bits per heavy atom. The van der Waals surface area contributed by atoms with Crippen molar-refractivity contribution < 1.29 is 8.78 Å². The lowest BCUT2D eigenvalue weighted by molar-refractivity contribution is 0.628. The SMILES string of the molecule is Fc1ccccc1N(c1ccc(-c2ccccc2)cc1)c1ccc2c(c1)Sc1cccc3c(N(c4ccc(-c5ccccc5)cc4)c4ccccc4F)ccc-2c13. The van der Waals surface area contributed by atoms with Gasteiger partial charge in [0.05, 0.1) is 17.1 Å².